The van der Waals surface area contributed by atoms with Crippen molar-refractivity contribution >= 4 is 22.4 Å². The molecule has 0 radical (unpaired) electrons. The Hall–Kier alpha value is -3.56. The predicted octanol–water partition coefficient (Wildman–Crippen LogP) is 6.68. The lowest BCUT2D eigenvalue weighted by atomic mass is 10.00. The molecule has 29 heavy (non-hydrogen) atoms. The highest BCUT2D eigenvalue weighted by Crippen LogP contribution is 2.28. The Balaban J connectivity index is 1.61. The van der Waals surface area contributed by atoms with E-state index in [1.807, 2.05) is 54.6 Å². The molecule has 0 fully saturated rings. The van der Waals surface area contributed by atoms with Crippen molar-refractivity contribution in [2.75, 3.05) is 0 Å². The van der Waals surface area contributed by atoms with Crippen LogP contribution < -0.4 is 0 Å². The summed E-state index contributed by atoms with van der Waals surface area (Å²) >= 11 is 6.21. The minimum Gasteiger partial charge on any atom is -0.208 e. The maximum atomic E-state index is 6.21. The molecular formula is C25H16ClN3. The van der Waals surface area contributed by atoms with E-state index in [2.05, 4.69) is 57.4 Å². The molecule has 0 amide bonds. The minimum atomic E-state index is 0.187. The van der Waals surface area contributed by atoms with Gasteiger partial charge in [0.15, 0.2) is 11.6 Å². The number of hydrogen-bond acceptors (Lipinski definition) is 3. The summed E-state index contributed by atoms with van der Waals surface area (Å²) in [4.78, 5) is 13.3. The van der Waals surface area contributed by atoms with Crippen LogP contribution in [0.3, 0.4) is 0 Å². The number of benzene rings is 4. The van der Waals surface area contributed by atoms with E-state index in [1.54, 1.807) is 0 Å². The molecular weight excluding hydrogens is 378 g/mol. The molecule has 0 aliphatic heterocycles. The zero-order valence-electron chi connectivity index (χ0n) is 15.5. The van der Waals surface area contributed by atoms with Gasteiger partial charge in [-0.05, 0) is 45.6 Å². The molecule has 138 valence electrons. The van der Waals surface area contributed by atoms with Crippen molar-refractivity contribution in [2.45, 2.75) is 0 Å². The van der Waals surface area contributed by atoms with Crippen molar-refractivity contribution in [3.05, 3.63) is 102 Å². The third-order valence-corrected chi connectivity index (χ3v) is 5.01. The molecule has 4 aromatic carbocycles. The van der Waals surface area contributed by atoms with Gasteiger partial charge >= 0.3 is 0 Å². The Kier molecular flexibility index (Phi) is 4.51. The summed E-state index contributed by atoms with van der Waals surface area (Å²) < 4.78 is 0. The van der Waals surface area contributed by atoms with Crippen LogP contribution in [0.25, 0.3) is 44.7 Å². The van der Waals surface area contributed by atoms with Crippen molar-refractivity contribution in [2.24, 2.45) is 0 Å². The third-order valence-electron chi connectivity index (χ3n) is 4.85. The lowest BCUT2D eigenvalue weighted by Gasteiger charge is -2.08. The Bertz CT molecular complexity index is 1300. The van der Waals surface area contributed by atoms with Gasteiger partial charge in [-0.25, -0.2) is 4.98 Å². The van der Waals surface area contributed by atoms with E-state index < -0.39 is 0 Å². The molecule has 5 aromatic rings. The van der Waals surface area contributed by atoms with Gasteiger partial charge in [-0.3, -0.25) is 0 Å². The van der Waals surface area contributed by atoms with Gasteiger partial charge in [-0.1, -0.05) is 84.9 Å². The third kappa shape index (κ3) is 3.60. The van der Waals surface area contributed by atoms with E-state index in [0.29, 0.717) is 11.6 Å². The van der Waals surface area contributed by atoms with Gasteiger partial charge in [-0.15, -0.1) is 0 Å². The average molecular weight is 394 g/mol. The molecule has 0 spiro atoms. The van der Waals surface area contributed by atoms with E-state index in [9.17, 15) is 0 Å². The van der Waals surface area contributed by atoms with Gasteiger partial charge in [0.25, 0.3) is 0 Å². The number of fused-ring (bicyclic) bond motifs is 1. The first-order valence-electron chi connectivity index (χ1n) is 9.33. The van der Waals surface area contributed by atoms with Crippen molar-refractivity contribution < 1.29 is 0 Å². The van der Waals surface area contributed by atoms with Crippen LogP contribution in [0.4, 0.5) is 0 Å². The molecule has 0 N–H and O–H groups in total. The summed E-state index contributed by atoms with van der Waals surface area (Å²) in [5, 5.41) is 2.48. The first kappa shape index (κ1) is 17.5. The van der Waals surface area contributed by atoms with Gasteiger partial charge in [-0.2, -0.15) is 9.97 Å². The Morgan fingerprint density at radius 1 is 0.448 bits per heavy atom. The summed E-state index contributed by atoms with van der Waals surface area (Å²) in [7, 11) is 0. The number of nitrogens with zero attached hydrogens (tertiary/aromatic N) is 3. The first-order valence-corrected chi connectivity index (χ1v) is 9.71. The molecule has 4 heteroatoms. The summed E-state index contributed by atoms with van der Waals surface area (Å²) in [5.74, 6) is 1.13. The summed E-state index contributed by atoms with van der Waals surface area (Å²) in [6.45, 7) is 0. The first-order chi connectivity index (χ1) is 14.3. The van der Waals surface area contributed by atoms with Crippen molar-refractivity contribution in [3.63, 3.8) is 0 Å². The second-order valence-corrected chi connectivity index (χ2v) is 7.10. The van der Waals surface area contributed by atoms with E-state index in [4.69, 9.17) is 11.6 Å². The van der Waals surface area contributed by atoms with E-state index in [0.717, 1.165) is 21.9 Å². The minimum absolute atomic E-state index is 0.187. The summed E-state index contributed by atoms with van der Waals surface area (Å²) in [6, 6.07) is 32.8. The Morgan fingerprint density at radius 2 is 1.00 bits per heavy atom. The number of aromatic nitrogens is 3. The second-order valence-electron chi connectivity index (χ2n) is 6.76. The molecule has 5 rings (SSSR count). The molecule has 0 atom stereocenters. The monoisotopic (exact) mass is 393 g/mol. The fourth-order valence-electron chi connectivity index (χ4n) is 3.39. The highest BCUT2D eigenvalue weighted by molar-refractivity contribution is 6.28. The van der Waals surface area contributed by atoms with Crippen LogP contribution in [-0.2, 0) is 0 Å². The molecule has 0 saturated heterocycles. The van der Waals surface area contributed by atoms with Crippen molar-refractivity contribution in [1.29, 1.82) is 0 Å². The van der Waals surface area contributed by atoms with E-state index in [-0.39, 0.29) is 5.28 Å². The van der Waals surface area contributed by atoms with E-state index >= 15 is 0 Å². The SMILES string of the molecule is Clc1nc(-c2ccccc2)nc(-c2ccc3ccc(-c4ccccc4)cc3c2)n1. The Labute approximate surface area is 173 Å². The highest BCUT2D eigenvalue weighted by Gasteiger charge is 2.10. The maximum absolute atomic E-state index is 6.21. The van der Waals surface area contributed by atoms with Crippen molar-refractivity contribution in [3.8, 4) is 33.9 Å². The summed E-state index contributed by atoms with van der Waals surface area (Å²) in [6.07, 6.45) is 0. The molecule has 3 nitrogen and oxygen atoms in total. The number of halogens is 1. The van der Waals surface area contributed by atoms with Gasteiger partial charge in [0, 0.05) is 11.1 Å². The molecule has 0 saturated carbocycles. The van der Waals surface area contributed by atoms with Crippen molar-refractivity contribution in [1.82, 2.24) is 15.0 Å². The Morgan fingerprint density at radius 3 is 1.69 bits per heavy atom. The second kappa shape index (κ2) is 7.46. The lowest BCUT2D eigenvalue weighted by Crippen LogP contribution is -1.97. The molecule has 1 aromatic heterocycles. The smallest absolute Gasteiger partial charge is 0.208 e. The normalized spacial score (nSPS) is 10.9. The zero-order chi connectivity index (χ0) is 19.6. The van der Waals surface area contributed by atoms with Crippen LogP contribution >= 0.6 is 11.6 Å². The highest BCUT2D eigenvalue weighted by atomic mass is 35.5. The van der Waals surface area contributed by atoms with Crippen LogP contribution in [0.5, 0.6) is 0 Å². The van der Waals surface area contributed by atoms with Crippen LogP contribution in [0.1, 0.15) is 0 Å². The predicted molar refractivity (Wildman–Crippen MR) is 119 cm³/mol. The van der Waals surface area contributed by atoms with Gasteiger partial charge in [0.05, 0.1) is 0 Å². The standard InChI is InChI=1S/C25H16ClN3/c26-25-28-23(19-9-5-2-6-10-19)27-24(29-25)21-14-12-18-11-13-20(15-22(18)16-21)17-7-3-1-4-8-17/h1-16H. The topological polar surface area (TPSA) is 38.7 Å². The van der Waals surface area contributed by atoms with Crippen LogP contribution in [0.2, 0.25) is 5.28 Å². The van der Waals surface area contributed by atoms with E-state index in [1.165, 1.54) is 11.1 Å². The lowest BCUT2D eigenvalue weighted by molar-refractivity contribution is 1.07. The van der Waals surface area contributed by atoms with Crippen LogP contribution in [0, 0.1) is 0 Å². The fraction of sp³-hybridized carbons (Fsp3) is 0. The molecule has 0 aliphatic carbocycles. The average Bonchev–Trinajstić information content (AvgIpc) is 2.79. The van der Waals surface area contributed by atoms with Crippen LogP contribution in [-0.4, -0.2) is 15.0 Å². The quantitative estimate of drug-likeness (QED) is 0.343. The van der Waals surface area contributed by atoms with Crippen LogP contribution in [0.15, 0.2) is 97.1 Å². The summed E-state index contributed by atoms with van der Waals surface area (Å²) in [5.41, 5.74) is 4.18. The largest absolute Gasteiger partial charge is 0.226 e. The molecule has 0 aliphatic rings. The number of rotatable bonds is 3. The van der Waals surface area contributed by atoms with Gasteiger partial charge < -0.3 is 0 Å². The zero-order valence-corrected chi connectivity index (χ0v) is 16.2. The maximum Gasteiger partial charge on any atom is 0.226 e. The molecule has 0 bridgehead atoms. The van der Waals surface area contributed by atoms with Gasteiger partial charge in [0.1, 0.15) is 0 Å². The molecule has 0 unspecified atom stereocenters. The fourth-order valence-corrected chi connectivity index (χ4v) is 3.55. The van der Waals surface area contributed by atoms with Gasteiger partial charge in [0.2, 0.25) is 5.28 Å². The number of hydrogen-bond donors (Lipinski definition) is 0. The molecule has 1 heterocycles.